The zero-order chi connectivity index (χ0) is 13.8. The Morgan fingerprint density at radius 2 is 2.00 bits per heavy atom. The van der Waals surface area contributed by atoms with Crippen LogP contribution in [-0.4, -0.2) is 17.2 Å². The lowest BCUT2D eigenvalue weighted by atomic mass is 9.99. The van der Waals surface area contributed by atoms with Gasteiger partial charge < -0.3 is 9.84 Å². The van der Waals surface area contributed by atoms with E-state index in [9.17, 15) is 5.11 Å². The molecule has 1 heterocycles. The number of ether oxygens (including phenoxy) is 1. The van der Waals surface area contributed by atoms with Crippen molar-refractivity contribution in [3.8, 4) is 5.88 Å². The number of methoxy groups -OCH3 is 1. The summed E-state index contributed by atoms with van der Waals surface area (Å²) in [7, 11) is 1.60. The van der Waals surface area contributed by atoms with Gasteiger partial charge in [0.2, 0.25) is 5.88 Å². The van der Waals surface area contributed by atoms with Gasteiger partial charge in [-0.2, -0.15) is 0 Å². The third-order valence-electron chi connectivity index (χ3n) is 3.06. The summed E-state index contributed by atoms with van der Waals surface area (Å²) in [6.45, 7) is 1.92. The number of aliphatic hydroxyl groups excluding tert-OH is 1. The molecule has 19 heavy (non-hydrogen) atoms. The summed E-state index contributed by atoms with van der Waals surface area (Å²) in [4.78, 5) is 4.29. The molecule has 0 amide bonds. The van der Waals surface area contributed by atoms with Gasteiger partial charge in [0, 0.05) is 12.0 Å². The molecule has 0 aliphatic carbocycles. The predicted molar refractivity (Wildman–Crippen MR) is 83.3 cm³/mol. The van der Waals surface area contributed by atoms with E-state index in [-0.39, 0.29) is 0 Å². The van der Waals surface area contributed by atoms with Gasteiger partial charge in [0.15, 0.2) is 0 Å². The molecule has 1 aromatic carbocycles. The Kier molecular flexibility index (Phi) is 4.76. The van der Waals surface area contributed by atoms with Crippen molar-refractivity contribution >= 4 is 22.6 Å². The first kappa shape index (κ1) is 14.3. The molecule has 0 fully saturated rings. The molecule has 1 aromatic heterocycles. The predicted octanol–water partition coefficient (Wildman–Crippen LogP) is 3.28. The minimum Gasteiger partial charge on any atom is -0.481 e. The average Bonchev–Trinajstić information content (AvgIpc) is 2.42. The van der Waals surface area contributed by atoms with Crippen molar-refractivity contribution in [1.82, 2.24) is 4.98 Å². The van der Waals surface area contributed by atoms with Gasteiger partial charge in [0.25, 0.3) is 0 Å². The van der Waals surface area contributed by atoms with Gasteiger partial charge >= 0.3 is 0 Å². The van der Waals surface area contributed by atoms with Crippen LogP contribution in [0.5, 0.6) is 5.88 Å². The zero-order valence-corrected chi connectivity index (χ0v) is 13.1. The van der Waals surface area contributed by atoms with Gasteiger partial charge in [-0.15, -0.1) is 0 Å². The van der Waals surface area contributed by atoms with Gasteiger partial charge in [0.1, 0.15) is 3.70 Å². The van der Waals surface area contributed by atoms with E-state index in [1.165, 1.54) is 0 Å². The van der Waals surface area contributed by atoms with E-state index in [0.29, 0.717) is 12.3 Å². The monoisotopic (exact) mass is 369 g/mol. The number of pyridine rings is 1. The van der Waals surface area contributed by atoms with Crippen molar-refractivity contribution in [2.45, 2.75) is 19.4 Å². The van der Waals surface area contributed by atoms with E-state index in [1.807, 2.05) is 43.3 Å². The van der Waals surface area contributed by atoms with E-state index in [1.54, 1.807) is 7.11 Å². The van der Waals surface area contributed by atoms with Crippen molar-refractivity contribution < 1.29 is 9.84 Å². The summed E-state index contributed by atoms with van der Waals surface area (Å²) >= 11 is 2.13. The molecule has 100 valence electrons. The largest absolute Gasteiger partial charge is 0.481 e. The Morgan fingerprint density at radius 3 is 2.63 bits per heavy atom. The van der Waals surface area contributed by atoms with Crippen LogP contribution in [0, 0.1) is 10.6 Å². The van der Waals surface area contributed by atoms with Crippen LogP contribution in [-0.2, 0) is 6.42 Å². The zero-order valence-electron chi connectivity index (χ0n) is 10.9. The molecular weight excluding hydrogens is 353 g/mol. The standard InChI is InChI=1S/C15H16INO2/c1-10-12(9-14(16)17-15(10)19-2)13(18)8-11-6-4-3-5-7-11/h3-7,9,13,18H,8H2,1-2H3. The Balaban J connectivity index is 2.28. The fraction of sp³-hybridized carbons (Fsp3) is 0.267. The van der Waals surface area contributed by atoms with Gasteiger partial charge in [0.05, 0.1) is 13.2 Å². The summed E-state index contributed by atoms with van der Waals surface area (Å²) in [5.74, 6) is 0.578. The van der Waals surface area contributed by atoms with E-state index in [4.69, 9.17) is 4.74 Å². The minimum atomic E-state index is -0.548. The summed E-state index contributed by atoms with van der Waals surface area (Å²) in [6, 6.07) is 11.9. The molecule has 0 aliphatic heterocycles. The summed E-state index contributed by atoms with van der Waals surface area (Å²) < 4.78 is 6.06. The highest BCUT2D eigenvalue weighted by Crippen LogP contribution is 2.28. The number of nitrogens with zero attached hydrogens (tertiary/aromatic N) is 1. The van der Waals surface area contributed by atoms with Gasteiger partial charge in [-0.25, -0.2) is 4.98 Å². The normalized spacial score (nSPS) is 12.2. The molecule has 0 aliphatic rings. The maximum Gasteiger partial charge on any atom is 0.217 e. The van der Waals surface area contributed by atoms with E-state index < -0.39 is 6.10 Å². The highest BCUT2D eigenvalue weighted by atomic mass is 127. The molecule has 0 spiro atoms. The molecule has 2 rings (SSSR count). The molecule has 1 unspecified atom stereocenters. The Hall–Kier alpha value is -1.14. The van der Waals surface area contributed by atoms with Crippen LogP contribution in [0.1, 0.15) is 22.8 Å². The van der Waals surface area contributed by atoms with Crippen molar-refractivity contribution in [2.24, 2.45) is 0 Å². The molecule has 0 bridgehead atoms. The lowest BCUT2D eigenvalue weighted by molar-refractivity contribution is 0.177. The smallest absolute Gasteiger partial charge is 0.217 e. The number of halogens is 1. The second-order valence-corrected chi connectivity index (χ2v) is 5.48. The third kappa shape index (κ3) is 3.45. The summed E-state index contributed by atoms with van der Waals surface area (Å²) in [5.41, 5.74) is 2.88. The maximum absolute atomic E-state index is 10.4. The van der Waals surface area contributed by atoms with Crippen molar-refractivity contribution in [2.75, 3.05) is 7.11 Å². The second kappa shape index (κ2) is 6.34. The number of aliphatic hydroxyl groups is 1. The lowest BCUT2D eigenvalue weighted by Gasteiger charge is -2.16. The molecule has 0 radical (unpaired) electrons. The van der Waals surface area contributed by atoms with Crippen molar-refractivity contribution in [3.05, 3.63) is 56.8 Å². The molecule has 1 N–H and O–H groups in total. The first-order valence-corrected chi connectivity index (χ1v) is 7.12. The van der Waals surface area contributed by atoms with E-state index >= 15 is 0 Å². The molecule has 1 atom stereocenters. The highest BCUT2D eigenvalue weighted by Gasteiger charge is 2.16. The summed E-state index contributed by atoms with van der Waals surface area (Å²) in [6.07, 6.45) is 0.0399. The van der Waals surface area contributed by atoms with Crippen LogP contribution in [0.2, 0.25) is 0 Å². The maximum atomic E-state index is 10.4. The van der Waals surface area contributed by atoms with E-state index in [2.05, 4.69) is 27.6 Å². The topological polar surface area (TPSA) is 42.4 Å². The average molecular weight is 369 g/mol. The van der Waals surface area contributed by atoms with Crippen LogP contribution in [0.4, 0.5) is 0 Å². The number of hydrogen-bond donors (Lipinski definition) is 1. The van der Waals surface area contributed by atoms with Crippen LogP contribution in [0.3, 0.4) is 0 Å². The highest BCUT2D eigenvalue weighted by molar-refractivity contribution is 14.1. The molecule has 0 saturated heterocycles. The van der Waals surface area contributed by atoms with E-state index in [0.717, 1.165) is 20.4 Å². The third-order valence-corrected chi connectivity index (χ3v) is 3.61. The van der Waals surface area contributed by atoms with Gasteiger partial charge in [-0.1, -0.05) is 30.3 Å². The first-order chi connectivity index (χ1) is 9.11. The van der Waals surface area contributed by atoms with Crippen molar-refractivity contribution in [3.63, 3.8) is 0 Å². The number of benzene rings is 1. The Labute approximate surface area is 126 Å². The van der Waals surface area contributed by atoms with Crippen LogP contribution in [0.15, 0.2) is 36.4 Å². The fourth-order valence-electron chi connectivity index (χ4n) is 2.07. The number of hydrogen-bond acceptors (Lipinski definition) is 3. The van der Waals surface area contributed by atoms with Crippen LogP contribution >= 0.6 is 22.6 Å². The lowest BCUT2D eigenvalue weighted by Crippen LogP contribution is -2.07. The molecule has 0 saturated carbocycles. The Bertz CT molecular complexity index is 558. The quantitative estimate of drug-likeness (QED) is 0.665. The number of rotatable bonds is 4. The molecule has 4 heteroatoms. The second-order valence-electron chi connectivity index (χ2n) is 4.37. The first-order valence-electron chi connectivity index (χ1n) is 6.05. The fourth-order valence-corrected chi connectivity index (χ4v) is 2.62. The number of aromatic nitrogens is 1. The van der Waals surface area contributed by atoms with Crippen molar-refractivity contribution in [1.29, 1.82) is 0 Å². The molecule has 3 nitrogen and oxygen atoms in total. The van der Waals surface area contributed by atoms with Gasteiger partial charge in [-0.05, 0) is 46.7 Å². The molecule has 2 aromatic rings. The van der Waals surface area contributed by atoms with Crippen LogP contribution in [0.25, 0.3) is 0 Å². The van der Waals surface area contributed by atoms with Gasteiger partial charge in [-0.3, -0.25) is 0 Å². The SMILES string of the molecule is COc1nc(I)cc(C(O)Cc2ccccc2)c1C. The van der Waals surface area contributed by atoms with Crippen LogP contribution < -0.4 is 4.74 Å². The molecular formula is C15H16INO2. The Morgan fingerprint density at radius 1 is 1.32 bits per heavy atom. The summed E-state index contributed by atoms with van der Waals surface area (Å²) in [5, 5.41) is 10.4. The minimum absolute atomic E-state index is 0.548.